The van der Waals surface area contributed by atoms with Gasteiger partial charge in [0, 0.05) is 32.4 Å². The zero-order chi connectivity index (χ0) is 19.0. The Balaban J connectivity index is 1.48. The van der Waals surface area contributed by atoms with Crippen LogP contribution in [0.25, 0.3) is 11.1 Å². The fraction of sp³-hybridized carbons (Fsp3) is 0.316. The molecule has 142 valence electrons. The molecule has 1 aromatic heterocycles. The van der Waals surface area contributed by atoms with Crippen LogP contribution in [0.15, 0.2) is 56.6 Å². The molecule has 0 atom stereocenters. The van der Waals surface area contributed by atoms with E-state index < -0.39 is 15.8 Å². The molecule has 8 heteroatoms. The Kier molecular flexibility index (Phi) is 4.53. The lowest BCUT2D eigenvalue weighted by Gasteiger charge is -2.31. The molecule has 2 heterocycles. The van der Waals surface area contributed by atoms with E-state index in [0.717, 1.165) is 19.4 Å². The summed E-state index contributed by atoms with van der Waals surface area (Å²) in [6.45, 7) is 1.82. The molecule has 0 aliphatic carbocycles. The maximum atomic E-state index is 12.6. The smallest absolute Gasteiger partial charge is 0.408 e. The Morgan fingerprint density at radius 1 is 1.19 bits per heavy atom. The molecule has 0 saturated carbocycles. The fourth-order valence-electron chi connectivity index (χ4n) is 3.52. The number of hydrogen-bond donors (Lipinski definition) is 1. The summed E-state index contributed by atoms with van der Waals surface area (Å²) in [5.41, 5.74) is 3.30. The molecule has 1 aliphatic rings. The third kappa shape index (κ3) is 3.38. The van der Waals surface area contributed by atoms with E-state index in [1.807, 2.05) is 12.1 Å². The highest BCUT2D eigenvalue weighted by Crippen LogP contribution is 2.26. The Bertz CT molecular complexity index is 1150. The van der Waals surface area contributed by atoms with E-state index in [1.54, 1.807) is 7.05 Å². The normalized spacial score (nSPS) is 14.5. The first-order valence-corrected chi connectivity index (χ1v) is 10.4. The molecule has 0 bridgehead atoms. The van der Waals surface area contributed by atoms with Crippen molar-refractivity contribution >= 4 is 26.8 Å². The van der Waals surface area contributed by atoms with E-state index in [4.69, 9.17) is 4.42 Å². The van der Waals surface area contributed by atoms with Crippen LogP contribution in [0.2, 0.25) is 0 Å². The first-order valence-electron chi connectivity index (χ1n) is 8.88. The number of benzene rings is 2. The highest BCUT2D eigenvalue weighted by Gasteiger charge is 2.19. The lowest BCUT2D eigenvalue weighted by atomic mass is 10.0. The van der Waals surface area contributed by atoms with Crippen molar-refractivity contribution in [1.29, 1.82) is 0 Å². The minimum absolute atomic E-state index is 0.116. The first-order chi connectivity index (χ1) is 13.0. The Hall–Kier alpha value is -2.58. The van der Waals surface area contributed by atoms with Crippen LogP contribution in [0.3, 0.4) is 0 Å². The molecule has 1 aliphatic heterocycles. The van der Waals surface area contributed by atoms with Gasteiger partial charge in [0.1, 0.15) is 0 Å². The molecule has 4 rings (SSSR count). The van der Waals surface area contributed by atoms with E-state index in [-0.39, 0.29) is 4.90 Å². The van der Waals surface area contributed by atoms with Gasteiger partial charge in [-0.25, -0.2) is 17.9 Å². The van der Waals surface area contributed by atoms with E-state index >= 15 is 0 Å². The van der Waals surface area contributed by atoms with Gasteiger partial charge in [0.05, 0.1) is 10.4 Å². The summed E-state index contributed by atoms with van der Waals surface area (Å²) in [6.07, 6.45) is 2.12. The molecule has 27 heavy (non-hydrogen) atoms. The fourth-order valence-corrected chi connectivity index (χ4v) is 4.56. The van der Waals surface area contributed by atoms with Crippen molar-refractivity contribution in [2.45, 2.75) is 17.7 Å². The maximum absolute atomic E-state index is 12.6. The minimum Gasteiger partial charge on any atom is -0.408 e. The van der Waals surface area contributed by atoms with Crippen molar-refractivity contribution in [2.24, 2.45) is 7.05 Å². The standard InChI is InChI=1S/C19H21N3O4S/c1-21-17-13-15(8-9-18(17)26-19(21)23)27(24,25)20-10-12-22-11-4-6-14-5-2-3-7-16(14)22/h2-3,5,7-9,13,20H,4,6,10-12H2,1H3. The number of rotatable bonds is 5. The van der Waals surface area contributed by atoms with Crippen molar-refractivity contribution in [2.75, 3.05) is 24.5 Å². The lowest BCUT2D eigenvalue weighted by Crippen LogP contribution is -2.37. The highest BCUT2D eigenvalue weighted by atomic mass is 32.2. The van der Waals surface area contributed by atoms with Crippen LogP contribution in [0.4, 0.5) is 5.69 Å². The number of aryl methyl sites for hydroxylation is 2. The number of anilines is 1. The van der Waals surface area contributed by atoms with Crippen molar-refractivity contribution in [3.63, 3.8) is 0 Å². The van der Waals surface area contributed by atoms with Gasteiger partial charge in [-0.15, -0.1) is 0 Å². The number of aromatic nitrogens is 1. The molecule has 0 saturated heterocycles. The summed E-state index contributed by atoms with van der Waals surface area (Å²) in [4.78, 5) is 13.9. The highest BCUT2D eigenvalue weighted by molar-refractivity contribution is 7.89. The van der Waals surface area contributed by atoms with E-state index in [2.05, 4.69) is 21.8 Å². The van der Waals surface area contributed by atoms with E-state index in [9.17, 15) is 13.2 Å². The van der Waals surface area contributed by atoms with E-state index in [1.165, 1.54) is 34.0 Å². The molecule has 1 N–H and O–H groups in total. The topological polar surface area (TPSA) is 84.5 Å². The Morgan fingerprint density at radius 3 is 2.85 bits per heavy atom. The number of nitrogens with one attached hydrogen (secondary N) is 1. The number of fused-ring (bicyclic) bond motifs is 2. The van der Waals surface area contributed by atoms with Gasteiger partial charge in [-0.1, -0.05) is 18.2 Å². The van der Waals surface area contributed by atoms with Gasteiger partial charge in [-0.3, -0.25) is 4.57 Å². The van der Waals surface area contributed by atoms with Crippen LogP contribution >= 0.6 is 0 Å². The predicted octanol–water partition coefficient (Wildman–Crippen LogP) is 1.86. The van der Waals surface area contributed by atoms with Crippen molar-refractivity contribution in [1.82, 2.24) is 9.29 Å². The molecule has 0 spiro atoms. The monoisotopic (exact) mass is 387 g/mol. The first kappa shape index (κ1) is 17.8. The number of sulfonamides is 1. The Labute approximate surface area is 157 Å². The number of oxazole rings is 1. The molecule has 0 radical (unpaired) electrons. The summed E-state index contributed by atoms with van der Waals surface area (Å²) in [5, 5.41) is 0. The van der Waals surface area contributed by atoms with E-state index in [0.29, 0.717) is 24.2 Å². The predicted molar refractivity (Wildman–Crippen MR) is 104 cm³/mol. The van der Waals surface area contributed by atoms with Crippen LogP contribution < -0.4 is 15.4 Å². The van der Waals surface area contributed by atoms with Gasteiger partial charge < -0.3 is 9.32 Å². The van der Waals surface area contributed by atoms with Gasteiger partial charge in [0.2, 0.25) is 10.0 Å². The summed E-state index contributed by atoms with van der Waals surface area (Å²) in [6, 6.07) is 12.7. The average molecular weight is 387 g/mol. The third-order valence-corrected chi connectivity index (χ3v) is 6.41. The van der Waals surface area contributed by atoms with Gasteiger partial charge >= 0.3 is 5.76 Å². The summed E-state index contributed by atoms with van der Waals surface area (Å²) in [5.74, 6) is -0.517. The maximum Gasteiger partial charge on any atom is 0.419 e. The van der Waals surface area contributed by atoms with Crippen LogP contribution in [0.5, 0.6) is 0 Å². The summed E-state index contributed by atoms with van der Waals surface area (Å²) >= 11 is 0. The molecule has 2 aromatic carbocycles. The molecule has 3 aromatic rings. The van der Waals surface area contributed by atoms with Crippen LogP contribution in [-0.2, 0) is 23.5 Å². The zero-order valence-corrected chi connectivity index (χ0v) is 15.8. The summed E-state index contributed by atoms with van der Waals surface area (Å²) < 4.78 is 34.3. The van der Waals surface area contributed by atoms with Crippen LogP contribution in [0, 0.1) is 0 Å². The largest absolute Gasteiger partial charge is 0.419 e. The third-order valence-electron chi connectivity index (χ3n) is 4.95. The van der Waals surface area contributed by atoms with Crippen molar-refractivity contribution in [3.8, 4) is 0 Å². The van der Waals surface area contributed by atoms with Gasteiger partial charge in [-0.05, 0) is 42.7 Å². The SMILES string of the molecule is Cn1c(=O)oc2ccc(S(=O)(=O)NCCN3CCCc4ccccc43)cc21. The number of nitrogens with zero attached hydrogens (tertiary/aromatic N) is 2. The molecule has 0 amide bonds. The minimum atomic E-state index is -3.67. The zero-order valence-electron chi connectivity index (χ0n) is 15.0. The van der Waals surface area contributed by atoms with Crippen LogP contribution in [-0.4, -0.2) is 32.6 Å². The molecule has 0 fully saturated rings. The van der Waals surface area contributed by atoms with Gasteiger partial charge in [0.15, 0.2) is 5.58 Å². The second kappa shape index (κ2) is 6.86. The lowest BCUT2D eigenvalue weighted by molar-refractivity contribution is 0.528. The van der Waals surface area contributed by atoms with Gasteiger partial charge in [-0.2, -0.15) is 0 Å². The number of hydrogen-bond acceptors (Lipinski definition) is 5. The second-order valence-electron chi connectivity index (χ2n) is 6.67. The van der Waals surface area contributed by atoms with Crippen LogP contribution in [0.1, 0.15) is 12.0 Å². The molecule has 7 nitrogen and oxygen atoms in total. The second-order valence-corrected chi connectivity index (χ2v) is 8.44. The van der Waals surface area contributed by atoms with Crippen molar-refractivity contribution in [3.05, 3.63) is 58.6 Å². The number of para-hydroxylation sites is 1. The van der Waals surface area contributed by atoms with Gasteiger partial charge in [0.25, 0.3) is 0 Å². The Morgan fingerprint density at radius 2 is 2.00 bits per heavy atom. The quantitative estimate of drug-likeness (QED) is 0.722. The van der Waals surface area contributed by atoms with Crippen molar-refractivity contribution < 1.29 is 12.8 Å². The molecule has 0 unspecified atom stereocenters. The summed E-state index contributed by atoms with van der Waals surface area (Å²) in [7, 11) is -2.12. The average Bonchev–Trinajstić information content (AvgIpc) is 2.95. The molecular weight excluding hydrogens is 366 g/mol. The molecular formula is C19H21N3O4S.